The number of hydrogen-bond acceptors (Lipinski definition) is 3. The van der Waals surface area contributed by atoms with Crippen molar-refractivity contribution >= 4 is 11.2 Å². The highest BCUT2D eigenvalue weighted by Gasteiger charge is 2.16. The molecular formula is C12H18N4. The van der Waals surface area contributed by atoms with Gasteiger partial charge in [0, 0.05) is 25.7 Å². The number of aromatic nitrogens is 3. The molecule has 0 fully saturated rings. The summed E-state index contributed by atoms with van der Waals surface area (Å²) in [6, 6.07) is 3.98. The second-order valence-electron chi connectivity index (χ2n) is 4.10. The highest BCUT2D eigenvalue weighted by Crippen LogP contribution is 2.22. The number of fused-ring (bicyclic) bond motifs is 1. The molecule has 1 atom stereocenters. The molecule has 2 rings (SSSR count). The van der Waals surface area contributed by atoms with Crippen molar-refractivity contribution in [2.45, 2.75) is 25.7 Å². The molecule has 0 radical (unpaired) electrons. The van der Waals surface area contributed by atoms with E-state index in [9.17, 15) is 0 Å². The molecule has 0 saturated carbocycles. The molecule has 0 saturated heterocycles. The van der Waals surface area contributed by atoms with E-state index in [1.807, 2.05) is 19.2 Å². The quantitative estimate of drug-likeness (QED) is 0.851. The first-order valence-corrected chi connectivity index (χ1v) is 5.75. The van der Waals surface area contributed by atoms with E-state index in [4.69, 9.17) is 5.73 Å². The molecule has 0 aromatic carbocycles. The van der Waals surface area contributed by atoms with Gasteiger partial charge in [0.1, 0.15) is 5.82 Å². The van der Waals surface area contributed by atoms with Crippen LogP contribution in [0.15, 0.2) is 18.3 Å². The van der Waals surface area contributed by atoms with Crippen molar-refractivity contribution in [1.29, 1.82) is 0 Å². The van der Waals surface area contributed by atoms with Gasteiger partial charge in [-0.1, -0.05) is 13.3 Å². The molecular weight excluding hydrogens is 200 g/mol. The maximum atomic E-state index is 5.81. The summed E-state index contributed by atoms with van der Waals surface area (Å²) in [6.45, 7) is 2.81. The SMILES string of the molecule is CCCC(CN)c1nc2ncccc2n1C. The molecule has 0 aliphatic carbocycles. The Morgan fingerprint density at radius 3 is 2.94 bits per heavy atom. The minimum Gasteiger partial charge on any atom is -0.330 e. The van der Waals surface area contributed by atoms with Crippen LogP contribution >= 0.6 is 0 Å². The Labute approximate surface area is 95.5 Å². The number of imidazole rings is 1. The van der Waals surface area contributed by atoms with E-state index < -0.39 is 0 Å². The van der Waals surface area contributed by atoms with Crippen LogP contribution in [0.5, 0.6) is 0 Å². The molecule has 2 aromatic heterocycles. The third kappa shape index (κ3) is 1.80. The molecule has 0 amide bonds. The normalized spacial score (nSPS) is 13.2. The molecule has 0 aliphatic rings. The van der Waals surface area contributed by atoms with E-state index in [0.717, 1.165) is 29.8 Å². The van der Waals surface area contributed by atoms with Crippen molar-refractivity contribution < 1.29 is 0 Å². The Balaban J connectivity index is 2.47. The third-order valence-electron chi connectivity index (χ3n) is 2.98. The summed E-state index contributed by atoms with van der Waals surface area (Å²) in [7, 11) is 2.03. The average molecular weight is 218 g/mol. The highest BCUT2D eigenvalue weighted by molar-refractivity contribution is 5.71. The first kappa shape index (κ1) is 11.1. The predicted octanol–water partition coefficient (Wildman–Crippen LogP) is 1.81. The minimum absolute atomic E-state index is 0.337. The van der Waals surface area contributed by atoms with Crippen molar-refractivity contribution in [3.8, 4) is 0 Å². The second-order valence-corrected chi connectivity index (χ2v) is 4.10. The van der Waals surface area contributed by atoms with Gasteiger partial charge >= 0.3 is 0 Å². The van der Waals surface area contributed by atoms with Crippen LogP contribution in [0.25, 0.3) is 11.2 Å². The van der Waals surface area contributed by atoms with Crippen LogP contribution in [0, 0.1) is 0 Å². The lowest BCUT2D eigenvalue weighted by Gasteiger charge is -2.13. The van der Waals surface area contributed by atoms with Gasteiger partial charge in [0.05, 0.1) is 5.52 Å². The molecule has 4 nitrogen and oxygen atoms in total. The smallest absolute Gasteiger partial charge is 0.177 e. The van der Waals surface area contributed by atoms with Crippen molar-refractivity contribution in [3.05, 3.63) is 24.2 Å². The summed E-state index contributed by atoms with van der Waals surface area (Å²) in [5.41, 5.74) is 7.70. The number of aryl methyl sites for hydroxylation is 1. The van der Waals surface area contributed by atoms with Crippen LogP contribution in [0.2, 0.25) is 0 Å². The van der Waals surface area contributed by atoms with Gasteiger partial charge in [-0.15, -0.1) is 0 Å². The first-order valence-electron chi connectivity index (χ1n) is 5.75. The van der Waals surface area contributed by atoms with E-state index in [-0.39, 0.29) is 0 Å². The van der Waals surface area contributed by atoms with Gasteiger partial charge in [-0.3, -0.25) is 0 Å². The monoisotopic (exact) mass is 218 g/mol. The molecule has 0 spiro atoms. The van der Waals surface area contributed by atoms with Gasteiger partial charge in [0.25, 0.3) is 0 Å². The molecule has 0 aliphatic heterocycles. The van der Waals surface area contributed by atoms with Gasteiger partial charge in [-0.25, -0.2) is 9.97 Å². The highest BCUT2D eigenvalue weighted by atomic mass is 15.1. The minimum atomic E-state index is 0.337. The fourth-order valence-corrected chi connectivity index (χ4v) is 2.11. The number of hydrogen-bond donors (Lipinski definition) is 1. The lowest BCUT2D eigenvalue weighted by molar-refractivity contribution is 0.572. The van der Waals surface area contributed by atoms with Crippen LogP contribution in [-0.4, -0.2) is 21.1 Å². The molecule has 2 heterocycles. The standard InChI is InChI=1S/C12H18N4/c1-3-5-9(8-13)12-15-11-10(16(12)2)6-4-7-14-11/h4,6-7,9H,3,5,8,13H2,1-2H3. The first-order chi connectivity index (χ1) is 7.77. The summed E-state index contributed by atoms with van der Waals surface area (Å²) in [5.74, 6) is 1.39. The van der Waals surface area contributed by atoms with Gasteiger partial charge < -0.3 is 10.3 Å². The van der Waals surface area contributed by atoms with Gasteiger partial charge in [-0.05, 0) is 18.6 Å². The molecule has 2 N–H and O–H groups in total. The summed E-state index contributed by atoms with van der Waals surface area (Å²) in [5, 5.41) is 0. The number of rotatable bonds is 4. The molecule has 2 aromatic rings. The predicted molar refractivity (Wildman–Crippen MR) is 65.2 cm³/mol. The fraction of sp³-hybridized carbons (Fsp3) is 0.500. The van der Waals surface area contributed by atoms with Crippen LogP contribution in [0.1, 0.15) is 31.5 Å². The number of nitrogens with zero attached hydrogens (tertiary/aromatic N) is 3. The third-order valence-corrected chi connectivity index (χ3v) is 2.98. The zero-order valence-corrected chi connectivity index (χ0v) is 9.85. The lowest BCUT2D eigenvalue weighted by atomic mass is 10.0. The van der Waals surface area contributed by atoms with Gasteiger partial charge in [0.15, 0.2) is 5.65 Å². The van der Waals surface area contributed by atoms with E-state index in [0.29, 0.717) is 12.5 Å². The lowest BCUT2D eigenvalue weighted by Crippen LogP contribution is -2.16. The molecule has 0 bridgehead atoms. The molecule has 16 heavy (non-hydrogen) atoms. The van der Waals surface area contributed by atoms with Crippen LogP contribution in [0.3, 0.4) is 0 Å². The average Bonchev–Trinajstić information content (AvgIpc) is 2.64. The van der Waals surface area contributed by atoms with Crippen molar-refractivity contribution in [2.24, 2.45) is 12.8 Å². The molecule has 1 unspecified atom stereocenters. The Morgan fingerprint density at radius 1 is 1.50 bits per heavy atom. The van der Waals surface area contributed by atoms with Crippen molar-refractivity contribution in [3.63, 3.8) is 0 Å². The van der Waals surface area contributed by atoms with Crippen molar-refractivity contribution in [1.82, 2.24) is 14.5 Å². The number of nitrogens with two attached hydrogens (primary N) is 1. The maximum absolute atomic E-state index is 5.81. The Bertz CT molecular complexity index is 475. The summed E-state index contributed by atoms with van der Waals surface area (Å²) >= 11 is 0. The fourth-order valence-electron chi connectivity index (χ4n) is 2.11. The maximum Gasteiger partial charge on any atom is 0.177 e. The molecule has 4 heteroatoms. The topological polar surface area (TPSA) is 56.7 Å². The largest absolute Gasteiger partial charge is 0.330 e. The van der Waals surface area contributed by atoms with E-state index in [1.165, 1.54) is 0 Å². The van der Waals surface area contributed by atoms with Crippen molar-refractivity contribution in [2.75, 3.05) is 6.54 Å². The van der Waals surface area contributed by atoms with Crippen LogP contribution < -0.4 is 5.73 Å². The van der Waals surface area contributed by atoms with E-state index in [1.54, 1.807) is 6.20 Å². The van der Waals surface area contributed by atoms with E-state index >= 15 is 0 Å². The van der Waals surface area contributed by atoms with Crippen LogP contribution in [0.4, 0.5) is 0 Å². The second kappa shape index (κ2) is 4.61. The Kier molecular flexibility index (Phi) is 3.19. The van der Waals surface area contributed by atoms with Gasteiger partial charge in [0.2, 0.25) is 0 Å². The van der Waals surface area contributed by atoms with Crippen LogP contribution in [-0.2, 0) is 7.05 Å². The Morgan fingerprint density at radius 2 is 2.31 bits per heavy atom. The molecule has 86 valence electrons. The van der Waals surface area contributed by atoms with Gasteiger partial charge in [-0.2, -0.15) is 0 Å². The zero-order chi connectivity index (χ0) is 11.5. The Hall–Kier alpha value is -1.42. The summed E-state index contributed by atoms with van der Waals surface area (Å²) < 4.78 is 2.11. The van der Waals surface area contributed by atoms with E-state index in [2.05, 4.69) is 21.5 Å². The summed E-state index contributed by atoms with van der Waals surface area (Å²) in [4.78, 5) is 8.84. The zero-order valence-electron chi connectivity index (χ0n) is 9.85. The summed E-state index contributed by atoms with van der Waals surface area (Å²) in [6.07, 6.45) is 3.97. The number of pyridine rings is 1.